The van der Waals surface area contributed by atoms with Crippen LogP contribution in [0.2, 0.25) is 0 Å². The van der Waals surface area contributed by atoms with Crippen LogP contribution in [0, 0.1) is 13.8 Å². The highest BCUT2D eigenvalue weighted by Gasteiger charge is 2.38. The molecule has 5 rings (SSSR count). The summed E-state index contributed by atoms with van der Waals surface area (Å²) >= 11 is 3.28. The Bertz CT molecular complexity index is 1430. The van der Waals surface area contributed by atoms with E-state index in [1.54, 1.807) is 35.1 Å². The van der Waals surface area contributed by atoms with Crippen molar-refractivity contribution in [2.75, 3.05) is 37.5 Å². The number of hydrogen-bond acceptors (Lipinski definition) is 6. The molecule has 0 aliphatic carbocycles. The van der Waals surface area contributed by atoms with Gasteiger partial charge in [-0.1, -0.05) is 48.0 Å². The molecule has 2 aromatic carbocycles. The molecule has 0 fully saturated rings. The van der Waals surface area contributed by atoms with Crippen LogP contribution in [0.3, 0.4) is 0 Å². The number of anilines is 1. The summed E-state index contributed by atoms with van der Waals surface area (Å²) in [5.74, 6) is 0.532. The molecule has 0 saturated carbocycles. The molecular weight excluding hydrogens is 516 g/mol. The van der Waals surface area contributed by atoms with Crippen LogP contribution in [0.1, 0.15) is 26.8 Å². The molecule has 2 amide bonds. The third kappa shape index (κ3) is 5.27. The van der Waals surface area contributed by atoms with Crippen molar-refractivity contribution in [2.45, 2.75) is 19.1 Å². The molecule has 1 unspecified atom stereocenters. The Hall–Kier alpha value is -3.40. The smallest absolute Gasteiger partial charge is 0.240 e. The fraction of sp³-hybridized carbons (Fsp3) is 0.276. The van der Waals surface area contributed by atoms with Gasteiger partial charge in [-0.15, -0.1) is 23.1 Å². The number of thiophene rings is 1. The Morgan fingerprint density at radius 1 is 1.11 bits per heavy atom. The molecule has 1 aliphatic heterocycles. The van der Waals surface area contributed by atoms with Crippen LogP contribution in [0.25, 0.3) is 16.9 Å². The zero-order valence-electron chi connectivity index (χ0n) is 21.6. The first-order valence-corrected chi connectivity index (χ1v) is 14.4. The van der Waals surface area contributed by atoms with Gasteiger partial charge in [0.05, 0.1) is 29.0 Å². The third-order valence-corrected chi connectivity index (χ3v) is 8.94. The second-order valence-electron chi connectivity index (χ2n) is 9.18. The van der Waals surface area contributed by atoms with E-state index < -0.39 is 0 Å². The maximum atomic E-state index is 13.7. The number of ether oxygens (including phenoxy) is 1. The lowest BCUT2D eigenvalue weighted by molar-refractivity contribution is -0.123. The van der Waals surface area contributed by atoms with Gasteiger partial charge in [-0.2, -0.15) is 5.10 Å². The number of aryl methyl sites for hydroxylation is 2. The van der Waals surface area contributed by atoms with Gasteiger partial charge in [0.25, 0.3) is 0 Å². The van der Waals surface area contributed by atoms with Crippen molar-refractivity contribution < 1.29 is 14.3 Å². The van der Waals surface area contributed by atoms with E-state index in [0.717, 1.165) is 28.1 Å². The van der Waals surface area contributed by atoms with Crippen molar-refractivity contribution >= 4 is 40.7 Å². The standard InChI is InChI=1S/C29H30N4O3S2/c1-19-9-11-22(12-10-19)33-29-25(26(31-33)21-7-5-4-6-8-21)28(27-20(2)13-16-37-27)38-18-24(35)32(29)17-23(34)30-14-15-36-3/h4-13,16,28H,14-15,17-18H2,1-3H3,(H,30,34). The number of hydrogen-bond donors (Lipinski definition) is 1. The number of benzene rings is 2. The summed E-state index contributed by atoms with van der Waals surface area (Å²) < 4.78 is 6.91. The van der Waals surface area contributed by atoms with Crippen molar-refractivity contribution in [2.24, 2.45) is 0 Å². The van der Waals surface area contributed by atoms with Crippen LogP contribution < -0.4 is 10.2 Å². The zero-order valence-corrected chi connectivity index (χ0v) is 23.3. The fourth-order valence-electron chi connectivity index (χ4n) is 4.55. The number of carbonyl (C=O) groups is 2. The Labute approximate surface area is 230 Å². The number of carbonyl (C=O) groups excluding carboxylic acids is 2. The molecule has 196 valence electrons. The van der Waals surface area contributed by atoms with Gasteiger partial charge in [-0.3, -0.25) is 14.5 Å². The predicted octanol–water partition coefficient (Wildman–Crippen LogP) is 5.15. The highest BCUT2D eigenvalue weighted by atomic mass is 32.2. The SMILES string of the molecule is COCCNC(=O)CN1C(=O)CSC(c2sccc2C)c2c(-c3ccccc3)nn(-c3ccc(C)cc3)c21. The number of aromatic nitrogens is 2. The lowest BCUT2D eigenvalue weighted by Gasteiger charge is -2.23. The minimum Gasteiger partial charge on any atom is -0.383 e. The van der Waals surface area contributed by atoms with E-state index in [4.69, 9.17) is 9.84 Å². The molecule has 0 saturated heterocycles. The van der Waals surface area contributed by atoms with Crippen LogP contribution in [-0.4, -0.2) is 54.2 Å². The summed E-state index contributed by atoms with van der Waals surface area (Å²) in [5, 5.41) is 9.97. The molecule has 0 radical (unpaired) electrons. The van der Waals surface area contributed by atoms with E-state index in [1.165, 1.54) is 10.4 Å². The van der Waals surface area contributed by atoms with E-state index in [1.807, 2.05) is 66.2 Å². The van der Waals surface area contributed by atoms with E-state index in [9.17, 15) is 9.59 Å². The van der Waals surface area contributed by atoms with Crippen molar-refractivity contribution in [3.63, 3.8) is 0 Å². The van der Waals surface area contributed by atoms with E-state index >= 15 is 0 Å². The summed E-state index contributed by atoms with van der Waals surface area (Å²) in [6.45, 7) is 4.82. The minimum absolute atomic E-state index is 0.0992. The van der Waals surface area contributed by atoms with Crippen molar-refractivity contribution in [3.8, 4) is 16.9 Å². The first-order valence-electron chi connectivity index (χ1n) is 12.4. The van der Waals surface area contributed by atoms with Gasteiger partial charge >= 0.3 is 0 Å². The van der Waals surface area contributed by atoms with Crippen LogP contribution in [0.4, 0.5) is 5.82 Å². The number of nitrogens with zero attached hydrogens (tertiary/aromatic N) is 3. The van der Waals surface area contributed by atoms with Gasteiger partial charge in [-0.25, -0.2) is 4.68 Å². The summed E-state index contributed by atoms with van der Waals surface area (Å²) in [6.07, 6.45) is 0. The van der Waals surface area contributed by atoms with E-state index in [0.29, 0.717) is 19.0 Å². The molecule has 1 atom stereocenters. The second kappa shape index (κ2) is 11.6. The van der Waals surface area contributed by atoms with Gasteiger partial charge in [0.2, 0.25) is 11.8 Å². The van der Waals surface area contributed by atoms with Gasteiger partial charge in [0.1, 0.15) is 12.4 Å². The normalized spacial score (nSPS) is 15.3. The predicted molar refractivity (Wildman–Crippen MR) is 154 cm³/mol. The average molecular weight is 547 g/mol. The van der Waals surface area contributed by atoms with Crippen molar-refractivity contribution in [3.05, 3.63) is 87.6 Å². The quantitative estimate of drug-likeness (QED) is 0.310. The molecule has 3 heterocycles. The lowest BCUT2D eigenvalue weighted by atomic mass is 10.0. The van der Waals surface area contributed by atoms with Gasteiger partial charge in [0, 0.05) is 29.7 Å². The average Bonchev–Trinajstić information content (AvgIpc) is 3.49. The van der Waals surface area contributed by atoms with E-state index in [-0.39, 0.29) is 29.4 Å². The number of rotatable bonds is 8. The molecular formula is C29H30N4O3S2. The van der Waals surface area contributed by atoms with Crippen LogP contribution >= 0.6 is 23.1 Å². The topological polar surface area (TPSA) is 76.5 Å². The first-order chi connectivity index (χ1) is 18.5. The molecule has 9 heteroatoms. The lowest BCUT2D eigenvalue weighted by Crippen LogP contribution is -2.43. The molecule has 0 bridgehead atoms. The molecule has 1 aliphatic rings. The summed E-state index contributed by atoms with van der Waals surface area (Å²) in [6, 6.07) is 20.2. The maximum Gasteiger partial charge on any atom is 0.240 e. The molecule has 7 nitrogen and oxygen atoms in total. The molecule has 4 aromatic rings. The maximum absolute atomic E-state index is 13.7. The number of amides is 2. The van der Waals surface area contributed by atoms with Gasteiger partial charge in [-0.05, 0) is 43.0 Å². The largest absolute Gasteiger partial charge is 0.383 e. The first kappa shape index (κ1) is 26.2. The number of fused-ring (bicyclic) bond motifs is 1. The monoisotopic (exact) mass is 546 g/mol. The molecule has 38 heavy (non-hydrogen) atoms. The highest BCUT2D eigenvalue weighted by molar-refractivity contribution is 8.00. The highest BCUT2D eigenvalue weighted by Crippen LogP contribution is 2.50. The third-order valence-electron chi connectivity index (χ3n) is 6.48. The van der Waals surface area contributed by atoms with Gasteiger partial charge < -0.3 is 10.1 Å². The van der Waals surface area contributed by atoms with E-state index in [2.05, 4.69) is 23.7 Å². The summed E-state index contributed by atoms with van der Waals surface area (Å²) in [5.41, 5.74) is 5.87. The Kier molecular flexibility index (Phi) is 7.97. The van der Waals surface area contributed by atoms with Crippen molar-refractivity contribution in [1.29, 1.82) is 0 Å². The Morgan fingerprint density at radius 2 is 1.87 bits per heavy atom. The Morgan fingerprint density at radius 3 is 2.55 bits per heavy atom. The Balaban J connectivity index is 1.74. The molecule has 2 aromatic heterocycles. The molecule has 1 N–H and O–H groups in total. The molecule has 0 spiro atoms. The number of nitrogens with one attached hydrogen (secondary N) is 1. The fourth-order valence-corrected chi connectivity index (χ4v) is 7.02. The van der Waals surface area contributed by atoms with Gasteiger partial charge in [0.15, 0.2) is 0 Å². The van der Waals surface area contributed by atoms with Crippen LogP contribution in [0.5, 0.6) is 0 Å². The summed E-state index contributed by atoms with van der Waals surface area (Å²) in [4.78, 5) is 29.5. The number of thioether (sulfide) groups is 1. The zero-order chi connectivity index (χ0) is 26.6. The van der Waals surface area contributed by atoms with Crippen molar-refractivity contribution in [1.82, 2.24) is 15.1 Å². The second-order valence-corrected chi connectivity index (χ2v) is 11.2. The summed E-state index contributed by atoms with van der Waals surface area (Å²) in [7, 11) is 1.59. The number of methoxy groups -OCH3 is 1. The van der Waals surface area contributed by atoms with Crippen LogP contribution in [-0.2, 0) is 14.3 Å². The van der Waals surface area contributed by atoms with Crippen LogP contribution in [0.15, 0.2) is 66.0 Å². The minimum atomic E-state index is -0.241.